The van der Waals surface area contributed by atoms with Gasteiger partial charge in [-0.05, 0) is 50.4 Å². The number of nitrogens with zero attached hydrogens (tertiary/aromatic N) is 1. The lowest BCUT2D eigenvalue weighted by molar-refractivity contribution is 0.0600. The lowest BCUT2D eigenvalue weighted by atomic mass is 10.1. The van der Waals surface area contributed by atoms with Crippen LogP contribution in [0.2, 0.25) is 0 Å². The van der Waals surface area contributed by atoms with E-state index >= 15 is 0 Å². The topological polar surface area (TPSA) is 49.8 Å². The SMILES string of the molecule is COC(=O)c1ccc(F)c(CN2CCCC2CCCO)c1. The Kier molecular flexibility index (Phi) is 5.70. The summed E-state index contributed by atoms with van der Waals surface area (Å²) in [5, 5.41) is 8.94. The monoisotopic (exact) mass is 295 g/mol. The van der Waals surface area contributed by atoms with Gasteiger partial charge in [0.15, 0.2) is 0 Å². The molecule has 21 heavy (non-hydrogen) atoms. The molecular weight excluding hydrogens is 273 g/mol. The molecule has 2 rings (SSSR count). The van der Waals surface area contributed by atoms with Gasteiger partial charge in [-0.3, -0.25) is 4.90 Å². The van der Waals surface area contributed by atoms with E-state index in [1.54, 1.807) is 6.07 Å². The minimum absolute atomic E-state index is 0.191. The first-order valence-electron chi connectivity index (χ1n) is 7.37. The second-order valence-corrected chi connectivity index (χ2v) is 5.43. The Labute approximate surface area is 124 Å². The predicted molar refractivity (Wildman–Crippen MR) is 77.5 cm³/mol. The number of ether oxygens (including phenoxy) is 1. The number of carbonyl (C=O) groups excluding carboxylic acids is 1. The smallest absolute Gasteiger partial charge is 0.337 e. The lowest BCUT2D eigenvalue weighted by Gasteiger charge is -2.24. The van der Waals surface area contributed by atoms with Crippen molar-refractivity contribution in [3.05, 3.63) is 35.1 Å². The van der Waals surface area contributed by atoms with Crippen LogP contribution in [0.4, 0.5) is 4.39 Å². The lowest BCUT2D eigenvalue weighted by Crippen LogP contribution is -2.29. The van der Waals surface area contributed by atoms with Crippen LogP contribution >= 0.6 is 0 Å². The highest BCUT2D eigenvalue weighted by atomic mass is 19.1. The van der Waals surface area contributed by atoms with Gasteiger partial charge in [-0.25, -0.2) is 9.18 Å². The van der Waals surface area contributed by atoms with E-state index in [0.29, 0.717) is 23.7 Å². The number of likely N-dealkylation sites (tertiary alicyclic amines) is 1. The third-order valence-electron chi connectivity index (χ3n) is 4.03. The molecule has 1 N–H and O–H groups in total. The normalized spacial score (nSPS) is 18.9. The first kappa shape index (κ1) is 15.9. The van der Waals surface area contributed by atoms with E-state index in [9.17, 15) is 9.18 Å². The van der Waals surface area contributed by atoms with Gasteiger partial charge < -0.3 is 9.84 Å². The molecule has 116 valence electrons. The van der Waals surface area contributed by atoms with E-state index in [-0.39, 0.29) is 12.4 Å². The summed E-state index contributed by atoms with van der Waals surface area (Å²) in [6.07, 6.45) is 3.87. The van der Waals surface area contributed by atoms with E-state index in [0.717, 1.165) is 32.2 Å². The van der Waals surface area contributed by atoms with Crippen LogP contribution in [-0.2, 0) is 11.3 Å². The van der Waals surface area contributed by atoms with Crippen molar-refractivity contribution >= 4 is 5.97 Å². The third kappa shape index (κ3) is 4.02. The first-order chi connectivity index (χ1) is 10.2. The maximum atomic E-state index is 14.0. The largest absolute Gasteiger partial charge is 0.465 e. The van der Waals surface area contributed by atoms with Crippen LogP contribution in [0.5, 0.6) is 0 Å². The summed E-state index contributed by atoms with van der Waals surface area (Å²) >= 11 is 0. The molecule has 0 radical (unpaired) electrons. The second-order valence-electron chi connectivity index (χ2n) is 5.43. The second kappa shape index (κ2) is 7.52. The zero-order valence-corrected chi connectivity index (χ0v) is 12.3. The molecule has 1 aliphatic rings. The number of methoxy groups -OCH3 is 1. The van der Waals surface area contributed by atoms with Crippen LogP contribution in [0, 0.1) is 5.82 Å². The zero-order chi connectivity index (χ0) is 15.2. The summed E-state index contributed by atoms with van der Waals surface area (Å²) in [5.74, 6) is -0.745. The van der Waals surface area contributed by atoms with Crippen molar-refractivity contribution in [3.63, 3.8) is 0 Å². The van der Waals surface area contributed by atoms with Gasteiger partial charge >= 0.3 is 5.97 Å². The highest BCUT2D eigenvalue weighted by Gasteiger charge is 2.25. The Hall–Kier alpha value is -1.46. The third-order valence-corrected chi connectivity index (χ3v) is 4.03. The average molecular weight is 295 g/mol. The van der Waals surface area contributed by atoms with Crippen molar-refractivity contribution in [2.45, 2.75) is 38.3 Å². The number of halogens is 1. The molecule has 0 bridgehead atoms. The number of aliphatic hydroxyl groups is 1. The summed E-state index contributed by atoms with van der Waals surface area (Å²) in [7, 11) is 1.32. The number of esters is 1. The fourth-order valence-electron chi connectivity index (χ4n) is 2.92. The van der Waals surface area contributed by atoms with Crippen molar-refractivity contribution in [3.8, 4) is 0 Å². The number of benzene rings is 1. The van der Waals surface area contributed by atoms with Crippen molar-refractivity contribution in [2.75, 3.05) is 20.3 Å². The molecule has 0 aliphatic carbocycles. The van der Waals surface area contributed by atoms with Gasteiger partial charge in [-0.1, -0.05) is 0 Å². The van der Waals surface area contributed by atoms with E-state index in [1.807, 2.05) is 0 Å². The molecule has 1 saturated heterocycles. The molecule has 1 atom stereocenters. The van der Waals surface area contributed by atoms with Crippen molar-refractivity contribution in [2.24, 2.45) is 0 Å². The van der Waals surface area contributed by atoms with Gasteiger partial charge in [0, 0.05) is 24.8 Å². The molecule has 5 heteroatoms. The summed E-state index contributed by atoms with van der Waals surface area (Å²) in [6.45, 7) is 1.61. The van der Waals surface area contributed by atoms with Crippen molar-refractivity contribution < 1.29 is 19.0 Å². The number of rotatable bonds is 6. The summed E-state index contributed by atoms with van der Waals surface area (Å²) < 4.78 is 18.6. The van der Waals surface area contributed by atoms with E-state index in [1.165, 1.54) is 19.2 Å². The highest BCUT2D eigenvalue weighted by molar-refractivity contribution is 5.89. The van der Waals surface area contributed by atoms with E-state index < -0.39 is 5.97 Å². The van der Waals surface area contributed by atoms with Gasteiger partial charge in [0.05, 0.1) is 12.7 Å². The molecule has 1 heterocycles. The standard InChI is InChI=1S/C16H22FNO3/c1-21-16(20)12-6-7-15(17)13(10-12)11-18-8-2-4-14(18)5-3-9-19/h6-7,10,14,19H,2-5,8-9,11H2,1H3. The Bertz CT molecular complexity index is 492. The van der Waals surface area contributed by atoms with Gasteiger partial charge in [0.2, 0.25) is 0 Å². The summed E-state index contributed by atoms with van der Waals surface area (Å²) in [6, 6.07) is 4.72. The number of hydrogen-bond acceptors (Lipinski definition) is 4. The van der Waals surface area contributed by atoms with Gasteiger partial charge in [0.1, 0.15) is 5.82 Å². The van der Waals surface area contributed by atoms with Gasteiger partial charge in [0.25, 0.3) is 0 Å². The fraction of sp³-hybridized carbons (Fsp3) is 0.562. The first-order valence-corrected chi connectivity index (χ1v) is 7.37. The Balaban J connectivity index is 2.09. The molecule has 1 unspecified atom stereocenters. The predicted octanol–water partition coefficient (Wildman–Crippen LogP) is 2.35. The van der Waals surface area contributed by atoms with Gasteiger partial charge in [-0.2, -0.15) is 0 Å². The number of carbonyl (C=O) groups is 1. The quantitative estimate of drug-likeness (QED) is 0.819. The molecular formula is C16H22FNO3. The van der Waals surface area contributed by atoms with Crippen molar-refractivity contribution in [1.29, 1.82) is 0 Å². The zero-order valence-electron chi connectivity index (χ0n) is 12.3. The average Bonchev–Trinajstić information content (AvgIpc) is 2.93. The molecule has 1 aliphatic heterocycles. The van der Waals surface area contributed by atoms with E-state index in [2.05, 4.69) is 9.64 Å². The fourth-order valence-corrected chi connectivity index (χ4v) is 2.92. The molecule has 0 spiro atoms. The molecule has 0 saturated carbocycles. The molecule has 1 aromatic carbocycles. The molecule has 0 amide bonds. The van der Waals surface area contributed by atoms with Gasteiger partial charge in [-0.15, -0.1) is 0 Å². The Morgan fingerprint density at radius 3 is 3.05 bits per heavy atom. The van der Waals surface area contributed by atoms with Crippen LogP contribution in [0.1, 0.15) is 41.6 Å². The molecule has 4 nitrogen and oxygen atoms in total. The number of hydrogen-bond donors (Lipinski definition) is 1. The molecule has 0 aromatic heterocycles. The van der Waals surface area contributed by atoms with Crippen LogP contribution < -0.4 is 0 Å². The molecule has 1 fully saturated rings. The maximum absolute atomic E-state index is 14.0. The Morgan fingerprint density at radius 2 is 2.33 bits per heavy atom. The minimum Gasteiger partial charge on any atom is -0.465 e. The maximum Gasteiger partial charge on any atom is 0.337 e. The van der Waals surface area contributed by atoms with Crippen LogP contribution in [0.25, 0.3) is 0 Å². The minimum atomic E-state index is -0.450. The highest BCUT2D eigenvalue weighted by Crippen LogP contribution is 2.24. The van der Waals surface area contributed by atoms with Crippen LogP contribution in [0.15, 0.2) is 18.2 Å². The van der Waals surface area contributed by atoms with Crippen molar-refractivity contribution in [1.82, 2.24) is 4.90 Å². The van der Waals surface area contributed by atoms with E-state index in [4.69, 9.17) is 5.11 Å². The van der Waals surface area contributed by atoms with Crippen LogP contribution in [0.3, 0.4) is 0 Å². The summed E-state index contributed by atoms with van der Waals surface area (Å²) in [4.78, 5) is 13.8. The Morgan fingerprint density at radius 1 is 1.52 bits per heavy atom. The molecule has 1 aromatic rings. The number of aliphatic hydroxyl groups excluding tert-OH is 1. The van der Waals surface area contributed by atoms with Crippen LogP contribution in [-0.4, -0.2) is 42.3 Å². The summed E-state index contributed by atoms with van der Waals surface area (Å²) in [5.41, 5.74) is 0.897.